The van der Waals surface area contributed by atoms with Gasteiger partial charge >= 0.3 is 0 Å². The van der Waals surface area contributed by atoms with Gasteiger partial charge in [0.2, 0.25) is 11.8 Å². The fourth-order valence-electron chi connectivity index (χ4n) is 3.76. The molecule has 2 amide bonds. The second-order valence-electron chi connectivity index (χ2n) is 7.29. The Bertz CT molecular complexity index is 622. The van der Waals surface area contributed by atoms with Crippen LogP contribution in [0.1, 0.15) is 37.3 Å². The van der Waals surface area contributed by atoms with Crippen LogP contribution in [0.25, 0.3) is 0 Å². The fraction of sp³-hybridized carbons (Fsp3) is 0.579. The number of likely N-dealkylation sites (tertiary alicyclic amines) is 2. The lowest BCUT2D eigenvalue weighted by molar-refractivity contribution is -0.143. The van der Waals surface area contributed by atoms with Crippen LogP contribution in [0.3, 0.4) is 0 Å². The van der Waals surface area contributed by atoms with Gasteiger partial charge in [0.25, 0.3) is 0 Å². The Morgan fingerprint density at radius 3 is 2.68 bits per heavy atom. The van der Waals surface area contributed by atoms with E-state index in [9.17, 15) is 14.7 Å². The molecule has 1 aromatic carbocycles. The maximum absolute atomic E-state index is 12.9. The third kappa shape index (κ3) is 4.19. The van der Waals surface area contributed by atoms with Gasteiger partial charge in [0.15, 0.2) is 0 Å². The summed E-state index contributed by atoms with van der Waals surface area (Å²) >= 11 is 0. The van der Waals surface area contributed by atoms with E-state index >= 15 is 0 Å². The molecule has 0 aromatic heterocycles. The average molecular weight is 345 g/mol. The highest BCUT2D eigenvalue weighted by Gasteiger charge is 2.37. The van der Waals surface area contributed by atoms with E-state index in [1.54, 1.807) is 4.90 Å². The predicted molar refractivity (Wildman–Crippen MR) is 94.8 cm³/mol. The first-order chi connectivity index (χ1) is 12.0. The summed E-state index contributed by atoms with van der Waals surface area (Å²) < 4.78 is 0. The van der Waals surface area contributed by atoms with Crippen LogP contribution < -0.4 is 5.32 Å². The van der Waals surface area contributed by atoms with E-state index in [1.165, 1.54) is 0 Å². The Balaban J connectivity index is 1.74. The molecule has 2 aliphatic rings. The molecule has 2 atom stereocenters. The van der Waals surface area contributed by atoms with Crippen molar-refractivity contribution in [1.82, 2.24) is 15.1 Å². The Labute approximate surface area is 148 Å². The molecule has 0 saturated carbocycles. The summed E-state index contributed by atoms with van der Waals surface area (Å²) in [6.45, 7) is 2.17. The molecule has 2 heterocycles. The zero-order valence-corrected chi connectivity index (χ0v) is 14.8. The van der Waals surface area contributed by atoms with Gasteiger partial charge in [-0.2, -0.15) is 0 Å². The second kappa shape index (κ2) is 7.54. The predicted octanol–water partition coefficient (Wildman–Crippen LogP) is 0.923. The van der Waals surface area contributed by atoms with Gasteiger partial charge < -0.3 is 20.2 Å². The van der Waals surface area contributed by atoms with E-state index in [1.807, 2.05) is 37.4 Å². The number of amides is 2. The first-order valence-corrected chi connectivity index (χ1v) is 9.02. The largest absolute Gasteiger partial charge is 0.387 e. The molecule has 1 aromatic rings. The van der Waals surface area contributed by atoms with Gasteiger partial charge in [0.1, 0.15) is 6.04 Å². The molecule has 2 aliphatic heterocycles. The zero-order valence-electron chi connectivity index (χ0n) is 14.8. The third-order valence-corrected chi connectivity index (χ3v) is 5.15. The summed E-state index contributed by atoms with van der Waals surface area (Å²) in [5.41, 5.74) is -0.0804. The molecule has 2 N–H and O–H groups in total. The van der Waals surface area contributed by atoms with Crippen LogP contribution in [0.5, 0.6) is 0 Å². The molecular formula is C19H27N3O3. The monoisotopic (exact) mass is 345 g/mol. The van der Waals surface area contributed by atoms with Gasteiger partial charge in [-0.15, -0.1) is 0 Å². The van der Waals surface area contributed by atoms with Crippen LogP contribution >= 0.6 is 0 Å². The maximum Gasteiger partial charge on any atom is 0.247 e. The number of hydrogen-bond acceptors (Lipinski definition) is 4. The molecule has 0 radical (unpaired) electrons. The number of carbonyl (C=O) groups is 2. The van der Waals surface area contributed by atoms with E-state index in [0.717, 1.165) is 24.9 Å². The highest BCUT2D eigenvalue weighted by molar-refractivity contribution is 5.89. The summed E-state index contributed by atoms with van der Waals surface area (Å²) in [4.78, 5) is 29.0. The summed E-state index contributed by atoms with van der Waals surface area (Å²) in [7, 11) is 1.96. The van der Waals surface area contributed by atoms with Gasteiger partial charge in [-0.3, -0.25) is 9.59 Å². The van der Waals surface area contributed by atoms with Gasteiger partial charge in [-0.05, 0) is 31.9 Å². The number of hydrogen-bond donors (Lipinski definition) is 2. The van der Waals surface area contributed by atoms with Crippen LogP contribution in [-0.4, -0.2) is 65.5 Å². The zero-order chi connectivity index (χ0) is 17.9. The summed E-state index contributed by atoms with van der Waals surface area (Å²) in [6.07, 6.45) is 2.93. The van der Waals surface area contributed by atoms with Crippen molar-refractivity contribution in [3.8, 4) is 0 Å². The van der Waals surface area contributed by atoms with Gasteiger partial charge in [0, 0.05) is 32.6 Å². The lowest BCUT2D eigenvalue weighted by Gasteiger charge is -2.34. The molecular weight excluding hydrogens is 318 g/mol. The smallest absolute Gasteiger partial charge is 0.247 e. The van der Waals surface area contributed by atoms with Crippen LogP contribution in [0.2, 0.25) is 0 Å². The minimum atomic E-state index is -0.891. The topological polar surface area (TPSA) is 72.9 Å². The van der Waals surface area contributed by atoms with E-state index in [2.05, 4.69) is 10.2 Å². The van der Waals surface area contributed by atoms with Crippen molar-refractivity contribution < 1.29 is 14.7 Å². The number of β-amino-alcohol motifs (C(OH)–C–C–N with tert-alkyl or cyclic N) is 1. The molecule has 0 spiro atoms. The SMILES string of the molecule is CN1CCC(O)(CNC(=O)C(c2ccccc2)N2CCCCC2=O)C1. The quantitative estimate of drug-likeness (QED) is 0.832. The number of benzene rings is 1. The number of carbonyl (C=O) groups excluding carboxylic acids is 2. The third-order valence-electron chi connectivity index (χ3n) is 5.15. The van der Waals surface area contributed by atoms with Crippen molar-refractivity contribution in [2.24, 2.45) is 0 Å². The molecule has 6 heteroatoms. The van der Waals surface area contributed by atoms with Crippen molar-refractivity contribution in [2.75, 3.05) is 33.2 Å². The van der Waals surface area contributed by atoms with Crippen molar-refractivity contribution in [2.45, 2.75) is 37.3 Å². The van der Waals surface area contributed by atoms with Crippen molar-refractivity contribution in [3.05, 3.63) is 35.9 Å². The summed E-state index contributed by atoms with van der Waals surface area (Å²) in [6, 6.07) is 8.78. The molecule has 6 nitrogen and oxygen atoms in total. The Morgan fingerprint density at radius 1 is 1.28 bits per heavy atom. The Morgan fingerprint density at radius 2 is 2.04 bits per heavy atom. The van der Waals surface area contributed by atoms with Crippen molar-refractivity contribution in [3.63, 3.8) is 0 Å². The molecule has 0 bridgehead atoms. The number of likely N-dealkylation sites (N-methyl/N-ethyl adjacent to an activating group) is 1. The molecule has 25 heavy (non-hydrogen) atoms. The molecule has 0 aliphatic carbocycles. The number of piperidine rings is 1. The average Bonchev–Trinajstić information content (AvgIpc) is 2.95. The van der Waals surface area contributed by atoms with Crippen LogP contribution in [0.15, 0.2) is 30.3 Å². The molecule has 2 unspecified atom stereocenters. The molecule has 136 valence electrons. The highest BCUT2D eigenvalue weighted by atomic mass is 16.3. The van der Waals surface area contributed by atoms with E-state index in [4.69, 9.17) is 0 Å². The van der Waals surface area contributed by atoms with Crippen LogP contribution in [0, 0.1) is 0 Å². The number of nitrogens with one attached hydrogen (secondary N) is 1. The van der Waals surface area contributed by atoms with Crippen LogP contribution in [-0.2, 0) is 9.59 Å². The van der Waals surface area contributed by atoms with E-state index < -0.39 is 11.6 Å². The second-order valence-corrected chi connectivity index (χ2v) is 7.29. The number of aliphatic hydroxyl groups is 1. The Hall–Kier alpha value is -1.92. The molecule has 2 saturated heterocycles. The first kappa shape index (κ1) is 17.9. The summed E-state index contributed by atoms with van der Waals surface area (Å²) in [5.74, 6) is -0.195. The minimum Gasteiger partial charge on any atom is -0.387 e. The van der Waals surface area contributed by atoms with E-state index in [-0.39, 0.29) is 18.4 Å². The first-order valence-electron chi connectivity index (χ1n) is 9.02. The summed E-state index contributed by atoms with van der Waals surface area (Å²) in [5, 5.41) is 13.5. The lowest BCUT2D eigenvalue weighted by Crippen LogP contribution is -2.50. The molecule has 3 rings (SSSR count). The minimum absolute atomic E-state index is 0.0227. The Kier molecular flexibility index (Phi) is 5.39. The van der Waals surface area contributed by atoms with Gasteiger partial charge in [0.05, 0.1) is 5.60 Å². The number of nitrogens with zero attached hydrogens (tertiary/aromatic N) is 2. The standard InChI is InChI=1S/C19H27N3O3/c1-21-12-10-19(25,14-21)13-20-18(24)17(15-7-3-2-4-8-15)22-11-6-5-9-16(22)23/h2-4,7-8,17,25H,5-6,9-14H2,1H3,(H,20,24). The molecule has 2 fully saturated rings. The normalized spacial score (nSPS) is 25.8. The van der Waals surface area contributed by atoms with Gasteiger partial charge in [-0.1, -0.05) is 30.3 Å². The van der Waals surface area contributed by atoms with Crippen LogP contribution in [0.4, 0.5) is 0 Å². The van der Waals surface area contributed by atoms with Crippen molar-refractivity contribution in [1.29, 1.82) is 0 Å². The fourth-order valence-corrected chi connectivity index (χ4v) is 3.76. The highest BCUT2D eigenvalue weighted by Crippen LogP contribution is 2.26. The van der Waals surface area contributed by atoms with Gasteiger partial charge in [-0.25, -0.2) is 0 Å². The number of rotatable bonds is 5. The maximum atomic E-state index is 12.9. The van der Waals surface area contributed by atoms with Crippen molar-refractivity contribution >= 4 is 11.8 Å². The van der Waals surface area contributed by atoms with E-state index in [0.29, 0.717) is 25.9 Å². The lowest BCUT2D eigenvalue weighted by atomic mass is 9.99.